The predicted octanol–water partition coefficient (Wildman–Crippen LogP) is 3.58. The van der Waals surface area contributed by atoms with E-state index >= 15 is 0 Å². The standard InChI is InChI=1S/C23H21NO4/c25-21-19-15-9-10-16(11-15)20(19)22(26)24(21)18-8-4-7-17(12-18)23(27)28-13-14-5-2-1-3-6-14/h1-8,12,15-16,19-20H,9-11,13H2/t15-,16-,19-,20+/m0/s1. The normalized spacial score (nSPS) is 27.9. The molecule has 1 aliphatic heterocycles. The lowest BCUT2D eigenvalue weighted by Gasteiger charge is -2.19. The Balaban J connectivity index is 1.35. The highest BCUT2D eigenvalue weighted by Crippen LogP contribution is 2.56. The van der Waals surface area contributed by atoms with Crippen molar-refractivity contribution in [3.05, 3.63) is 65.7 Å². The number of nitrogens with zero attached hydrogens (tertiary/aromatic N) is 1. The molecule has 2 aromatic rings. The first-order valence-electron chi connectivity index (χ1n) is 9.82. The van der Waals surface area contributed by atoms with E-state index in [1.165, 1.54) is 4.90 Å². The molecule has 0 N–H and O–H groups in total. The summed E-state index contributed by atoms with van der Waals surface area (Å²) < 4.78 is 5.38. The molecule has 5 nitrogen and oxygen atoms in total. The molecular weight excluding hydrogens is 354 g/mol. The topological polar surface area (TPSA) is 63.7 Å². The minimum absolute atomic E-state index is 0.1000. The van der Waals surface area contributed by atoms with Gasteiger partial charge < -0.3 is 4.74 Å². The Hall–Kier alpha value is -2.95. The average Bonchev–Trinajstić information content (AvgIpc) is 3.41. The van der Waals surface area contributed by atoms with Crippen LogP contribution in [0.3, 0.4) is 0 Å². The molecular formula is C23H21NO4. The van der Waals surface area contributed by atoms with Crippen LogP contribution in [0.5, 0.6) is 0 Å². The van der Waals surface area contributed by atoms with E-state index in [0.29, 0.717) is 23.1 Å². The van der Waals surface area contributed by atoms with Crippen LogP contribution in [-0.2, 0) is 20.9 Å². The molecule has 5 rings (SSSR count). The largest absolute Gasteiger partial charge is 0.457 e. The number of rotatable bonds is 4. The van der Waals surface area contributed by atoms with Crippen LogP contribution in [0.4, 0.5) is 5.69 Å². The van der Waals surface area contributed by atoms with Gasteiger partial charge in [0.25, 0.3) is 0 Å². The first-order valence-corrected chi connectivity index (χ1v) is 9.82. The molecule has 4 atom stereocenters. The molecule has 0 aromatic heterocycles. The summed E-state index contributed by atoms with van der Waals surface area (Å²) >= 11 is 0. The molecule has 1 saturated heterocycles. The highest BCUT2D eigenvalue weighted by atomic mass is 16.5. The summed E-state index contributed by atoms with van der Waals surface area (Å²) in [6.45, 7) is 0.180. The summed E-state index contributed by atoms with van der Waals surface area (Å²) in [5.41, 5.74) is 1.72. The van der Waals surface area contributed by atoms with Crippen molar-refractivity contribution in [2.75, 3.05) is 4.90 Å². The fourth-order valence-corrected chi connectivity index (χ4v) is 5.24. The van der Waals surface area contributed by atoms with Crippen molar-refractivity contribution >= 4 is 23.5 Å². The second-order valence-corrected chi connectivity index (χ2v) is 8.01. The summed E-state index contributed by atoms with van der Waals surface area (Å²) in [7, 11) is 0. The van der Waals surface area contributed by atoms with Crippen LogP contribution in [0, 0.1) is 23.7 Å². The van der Waals surface area contributed by atoms with Crippen molar-refractivity contribution in [1.29, 1.82) is 0 Å². The summed E-state index contributed by atoms with van der Waals surface area (Å²) in [5.74, 6) is -0.315. The Bertz CT molecular complexity index is 926. The van der Waals surface area contributed by atoms with E-state index in [1.807, 2.05) is 30.3 Å². The summed E-state index contributed by atoms with van der Waals surface area (Å²) in [6.07, 6.45) is 3.10. The molecule has 2 amide bonds. The second kappa shape index (κ2) is 6.59. The van der Waals surface area contributed by atoms with Crippen LogP contribution >= 0.6 is 0 Å². The quantitative estimate of drug-likeness (QED) is 0.605. The van der Waals surface area contributed by atoms with E-state index < -0.39 is 5.97 Å². The number of hydrogen-bond acceptors (Lipinski definition) is 4. The number of carbonyl (C=O) groups excluding carboxylic acids is 3. The number of fused-ring (bicyclic) bond motifs is 5. The Morgan fingerprint density at radius 2 is 1.61 bits per heavy atom. The lowest BCUT2D eigenvalue weighted by atomic mass is 9.81. The molecule has 2 aliphatic carbocycles. The Labute approximate surface area is 163 Å². The van der Waals surface area contributed by atoms with Crippen LogP contribution in [0.1, 0.15) is 35.2 Å². The van der Waals surface area contributed by atoms with Crippen molar-refractivity contribution in [3.8, 4) is 0 Å². The molecule has 5 heteroatoms. The van der Waals surface area contributed by atoms with E-state index in [9.17, 15) is 14.4 Å². The molecule has 2 bridgehead atoms. The number of benzene rings is 2. The zero-order valence-corrected chi connectivity index (χ0v) is 15.4. The van der Waals surface area contributed by atoms with Gasteiger partial charge in [-0.1, -0.05) is 36.4 Å². The highest BCUT2D eigenvalue weighted by molar-refractivity contribution is 6.22. The summed E-state index contributed by atoms with van der Waals surface area (Å²) in [5, 5.41) is 0. The van der Waals surface area contributed by atoms with Crippen LogP contribution in [0.25, 0.3) is 0 Å². The molecule has 1 heterocycles. The maximum absolute atomic E-state index is 13.0. The van der Waals surface area contributed by atoms with Crippen molar-refractivity contribution in [2.45, 2.75) is 25.9 Å². The predicted molar refractivity (Wildman–Crippen MR) is 102 cm³/mol. The van der Waals surface area contributed by atoms with Gasteiger partial charge in [-0.3, -0.25) is 14.5 Å². The second-order valence-electron chi connectivity index (χ2n) is 8.01. The molecule has 0 unspecified atom stereocenters. The maximum Gasteiger partial charge on any atom is 0.338 e. The lowest BCUT2D eigenvalue weighted by molar-refractivity contribution is -0.123. The number of ether oxygens (including phenoxy) is 1. The van der Waals surface area contributed by atoms with Gasteiger partial charge >= 0.3 is 5.97 Å². The highest BCUT2D eigenvalue weighted by Gasteiger charge is 2.61. The third-order valence-electron chi connectivity index (χ3n) is 6.48. The zero-order valence-electron chi connectivity index (χ0n) is 15.4. The molecule has 3 fully saturated rings. The molecule has 2 aromatic carbocycles. The SMILES string of the molecule is O=C(OCc1ccccc1)c1cccc(N2C(=O)[C@@H]3[C@H]4CC[C@@H](C4)[C@@H]3C2=O)c1. The van der Waals surface area contributed by atoms with Gasteiger partial charge in [-0.05, 0) is 54.9 Å². The number of imide groups is 1. The Morgan fingerprint density at radius 1 is 0.929 bits per heavy atom. The number of amides is 2. The fraction of sp³-hybridized carbons (Fsp3) is 0.348. The van der Waals surface area contributed by atoms with Crippen LogP contribution in [0.15, 0.2) is 54.6 Å². The third kappa shape index (κ3) is 2.65. The van der Waals surface area contributed by atoms with E-state index in [0.717, 1.165) is 24.8 Å². The van der Waals surface area contributed by atoms with E-state index in [1.54, 1.807) is 24.3 Å². The van der Waals surface area contributed by atoms with Gasteiger partial charge in [-0.2, -0.15) is 0 Å². The Morgan fingerprint density at radius 3 is 2.29 bits per heavy atom. The van der Waals surface area contributed by atoms with Gasteiger partial charge in [-0.15, -0.1) is 0 Å². The molecule has 2 saturated carbocycles. The van der Waals surface area contributed by atoms with Crippen molar-refractivity contribution < 1.29 is 19.1 Å². The van der Waals surface area contributed by atoms with Crippen molar-refractivity contribution in [1.82, 2.24) is 0 Å². The van der Waals surface area contributed by atoms with Crippen LogP contribution in [0.2, 0.25) is 0 Å². The number of esters is 1. The maximum atomic E-state index is 13.0. The van der Waals surface area contributed by atoms with Gasteiger partial charge in [0, 0.05) is 0 Å². The van der Waals surface area contributed by atoms with Crippen molar-refractivity contribution in [3.63, 3.8) is 0 Å². The summed E-state index contributed by atoms with van der Waals surface area (Å²) in [4.78, 5) is 39.7. The Kier molecular flexibility index (Phi) is 4.04. The average molecular weight is 375 g/mol. The number of hydrogen-bond donors (Lipinski definition) is 0. The van der Waals surface area contributed by atoms with E-state index in [4.69, 9.17) is 4.74 Å². The number of carbonyl (C=O) groups is 3. The van der Waals surface area contributed by atoms with E-state index in [2.05, 4.69) is 0 Å². The van der Waals surface area contributed by atoms with E-state index in [-0.39, 0.29) is 30.3 Å². The third-order valence-corrected chi connectivity index (χ3v) is 6.48. The smallest absolute Gasteiger partial charge is 0.338 e. The fourth-order valence-electron chi connectivity index (χ4n) is 5.24. The van der Waals surface area contributed by atoms with Gasteiger partial charge in [0.2, 0.25) is 11.8 Å². The monoisotopic (exact) mass is 375 g/mol. The molecule has 28 heavy (non-hydrogen) atoms. The first-order chi connectivity index (χ1) is 13.6. The zero-order chi connectivity index (χ0) is 19.3. The number of anilines is 1. The van der Waals surface area contributed by atoms with Crippen LogP contribution in [-0.4, -0.2) is 17.8 Å². The molecule has 3 aliphatic rings. The van der Waals surface area contributed by atoms with Gasteiger partial charge in [-0.25, -0.2) is 4.79 Å². The van der Waals surface area contributed by atoms with Crippen LogP contribution < -0.4 is 4.90 Å². The molecule has 0 radical (unpaired) electrons. The minimum Gasteiger partial charge on any atom is -0.457 e. The van der Waals surface area contributed by atoms with Gasteiger partial charge in [0.15, 0.2) is 0 Å². The molecule has 0 spiro atoms. The molecule has 142 valence electrons. The summed E-state index contributed by atoms with van der Waals surface area (Å²) in [6, 6.07) is 16.1. The lowest BCUT2D eigenvalue weighted by Crippen LogP contribution is -2.32. The van der Waals surface area contributed by atoms with Crippen molar-refractivity contribution in [2.24, 2.45) is 23.7 Å². The minimum atomic E-state index is -0.468. The first kappa shape index (κ1) is 17.2. The van der Waals surface area contributed by atoms with Gasteiger partial charge in [0.05, 0.1) is 23.1 Å². The van der Waals surface area contributed by atoms with Gasteiger partial charge in [0.1, 0.15) is 6.61 Å².